The Balaban J connectivity index is 3.40. The normalized spacial score (nSPS) is 9.27. The molecule has 0 aromatic heterocycles. The first-order valence-electron chi connectivity index (χ1n) is 2.96. The summed E-state index contributed by atoms with van der Waals surface area (Å²) in [4.78, 5) is 3.12. The van der Waals surface area contributed by atoms with Crippen LogP contribution in [-0.4, -0.2) is 0 Å². The topological polar surface area (TPSA) is 28.1 Å². The molecule has 0 N–H and O–H groups in total. The highest BCUT2D eigenvalue weighted by Gasteiger charge is 2.16. The lowest BCUT2D eigenvalue weighted by Gasteiger charge is -1.91. The summed E-state index contributed by atoms with van der Waals surface area (Å²) < 4.78 is 1.57. The van der Waals surface area contributed by atoms with Crippen molar-refractivity contribution in [1.29, 1.82) is 5.39 Å². The van der Waals surface area contributed by atoms with Crippen molar-refractivity contribution in [3.63, 3.8) is 0 Å². The summed E-state index contributed by atoms with van der Waals surface area (Å²) in [5.41, 5.74) is 1.63. The number of diazo groups is 1. The molecule has 1 aromatic rings. The van der Waals surface area contributed by atoms with Crippen LogP contribution >= 0.6 is 31.9 Å². The molecule has 11 heavy (non-hydrogen) atoms. The van der Waals surface area contributed by atoms with Gasteiger partial charge < -0.3 is 0 Å². The smallest absolute Gasteiger partial charge is 0.0483 e. The van der Waals surface area contributed by atoms with E-state index in [0.29, 0.717) is 5.69 Å². The zero-order chi connectivity index (χ0) is 8.43. The minimum absolute atomic E-state index is 0.524. The molecule has 1 rings (SSSR count). The number of nitrogens with zero attached hydrogens (tertiary/aromatic N) is 2. The van der Waals surface area contributed by atoms with Gasteiger partial charge >= 0.3 is 5.69 Å². The second-order valence-corrected chi connectivity index (χ2v) is 3.89. The number of benzene rings is 1. The fourth-order valence-corrected chi connectivity index (χ4v) is 2.36. The van der Waals surface area contributed by atoms with Gasteiger partial charge in [-0.3, -0.25) is 0 Å². The Hall–Kier alpha value is -0.400. The third-order valence-corrected chi connectivity index (χ3v) is 2.47. The quantitative estimate of drug-likeness (QED) is 0.658. The maximum atomic E-state index is 8.56. The summed E-state index contributed by atoms with van der Waals surface area (Å²) in [5.74, 6) is 0. The fourth-order valence-electron chi connectivity index (χ4n) is 0.788. The molecule has 56 valence electrons. The van der Waals surface area contributed by atoms with Crippen LogP contribution in [0.2, 0.25) is 0 Å². The van der Waals surface area contributed by atoms with Crippen LogP contribution in [0.5, 0.6) is 0 Å². The molecule has 1 aromatic carbocycles. The minimum Gasteiger partial charge on any atom is -0.0483 e. The van der Waals surface area contributed by atoms with E-state index in [1.165, 1.54) is 0 Å². The van der Waals surface area contributed by atoms with E-state index in [1.807, 2.05) is 19.1 Å². The van der Waals surface area contributed by atoms with Crippen molar-refractivity contribution in [2.24, 2.45) is 0 Å². The van der Waals surface area contributed by atoms with Crippen LogP contribution < -0.4 is 0 Å². The van der Waals surface area contributed by atoms with Gasteiger partial charge in [-0.05, 0) is 56.5 Å². The van der Waals surface area contributed by atoms with E-state index in [2.05, 4.69) is 36.8 Å². The number of aryl methyl sites for hydroxylation is 1. The van der Waals surface area contributed by atoms with Crippen molar-refractivity contribution in [2.45, 2.75) is 6.92 Å². The van der Waals surface area contributed by atoms with E-state index >= 15 is 0 Å². The second kappa shape index (κ2) is 3.33. The largest absolute Gasteiger partial charge is 0.413 e. The predicted molar refractivity (Wildman–Crippen MR) is 51.3 cm³/mol. The molecule has 0 aliphatic carbocycles. The first kappa shape index (κ1) is 8.69. The summed E-state index contributed by atoms with van der Waals surface area (Å²) >= 11 is 6.55. The second-order valence-electron chi connectivity index (χ2n) is 2.18. The summed E-state index contributed by atoms with van der Waals surface area (Å²) in [6, 6.07) is 3.78. The Labute approximate surface area is 81.5 Å². The average molecular weight is 277 g/mol. The Morgan fingerprint density at radius 1 is 1.27 bits per heavy atom. The highest BCUT2D eigenvalue weighted by Crippen LogP contribution is 2.34. The van der Waals surface area contributed by atoms with Gasteiger partial charge in [-0.15, -0.1) is 0 Å². The molecule has 0 saturated carbocycles. The number of rotatable bonds is 0. The molecule has 0 bridgehead atoms. The monoisotopic (exact) mass is 275 g/mol. The third-order valence-electron chi connectivity index (χ3n) is 1.26. The molecule has 0 saturated heterocycles. The molecule has 0 unspecified atom stereocenters. The molecule has 0 heterocycles. The molecule has 0 spiro atoms. The van der Waals surface area contributed by atoms with Crippen LogP contribution in [-0.2, 0) is 0 Å². The Bertz CT molecular complexity index is 305. The van der Waals surface area contributed by atoms with Crippen molar-refractivity contribution >= 4 is 37.5 Å². The third kappa shape index (κ3) is 1.79. The fraction of sp³-hybridized carbons (Fsp3) is 0.143. The van der Waals surface area contributed by atoms with Crippen LogP contribution in [0, 0.1) is 12.3 Å². The highest BCUT2D eigenvalue weighted by atomic mass is 79.9. The number of hydrogen-bond donors (Lipinski definition) is 0. The van der Waals surface area contributed by atoms with E-state index in [0.717, 1.165) is 14.5 Å². The van der Waals surface area contributed by atoms with Crippen LogP contribution in [0.3, 0.4) is 0 Å². The molecule has 0 aliphatic heterocycles. The average Bonchev–Trinajstić information content (AvgIpc) is 1.85. The molecular weight excluding hydrogens is 272 g/mol. The van der Waals surface area contributed by atoms with Gasteiger partial charge in [-0.1, -0.05) is 0 Å². The Morgan fingerprint density at radius 3 is 2.09 bits per heavy atom. The maximum absolute atomic E-state index is 8.56. The van der Waals surface area contributed by atoms with Crippen LogP contribution in [0.25, 0.3) is 4.98 Å². The SMILES string of the molecule is Cc1cc(Br)c([N+]#N)c(Br)c1. The van der Waals surface area contributed by atoms with E-state index < -0.39 is 0 Å². The summed E-state index contributed by atoms with van der Waals surface area (Å²) in [6.45, 7) is 1.97. The van der Waals surface area contributed by atoms with Crippen molar-refractivity contribution in [2.75, 3.05) is 0 Å². The van der Waals surface area contributed by atoms with Crippen LogP contribution in [0.1, 0.15) is 5.56 Å². The van der Waals surface area contributed by atoms with E-state index in [9.17, 15) is 0 Å². The maximum Gasteiger partial charge on any atom is 0.413 e. The first-order valence-corrected chi connectivity index (χ1v) is 4.54. The van der Waals surface area contributed by atoms with Gasteiger partial charge in [0.25, 0.3) is 0 Å². The van der Waals surface area contributed by atoms with Gasteiger partial charge in [-0.25, -0.2) is 0 Å². The summed E-state index contributed by atoms with van der Waals surface area (Å²) in [6.07, 6.45) is 0. The lowest BCUT2D eigenvalue weighted by Crippen LogP contribution is -1.74. The van der Waals surface area contributed by atoms with E-state index in [-0.39, 0.29) is 0 Å². The molecule has 0 radical (unpaired) electrons. The molecule has 0 fully saturated rings. The van der Waals surface area contributed by atoms with Gasteiger partial charge in [0.2, 0.25) is 5.39 Å². The number of halogens is 2. The lowest BCUT2D eigenvalue weighted by atomic mass is 10.2. The van der Waals surface area contributed by atoms with Crippen LogP contribution in [0.15, 0.2) is 21.1 Å². The zero-order valence-electron chi connectivity index (χ0n) is 5.81. The highest BCUT2D eigenvalue weighted by molar-refractivity contribution is 9.11. The van der Waals surface area contributed by atoms with Crippen LogP contribution in [0.4, 0.5) is 5.69 Å². The van der Waals surface area contributed by atoms with Gasteiger partial charge in [-0.2, -0.15) is 0 Å². The molecule has 2 nitrogen and oxygen atoms in total. The first-order chi connectivity index (χ1) is 5.15. The van der Waals surface area contributed by atoms with Gasteiger partial charge in [0.05, 0.1) is 0 Å². The van der Waals surface area contributed by atoms with Crippen molar-refractivity contribution in [1.82, 2.24) is 0 Å². The molecule has 0 aliphatic rings. The summed E-state index contributed by atoms with van der Waals surface area (Å²) in [7, 11) is 0. The lowest BCUT2D eigenvalue weighted by molar-refractivity contribution is 1.40. The Morgan fingerprint density at radius 2 is 1.73 bits per heavy atom. The molecule has 0 atom stereocenters. The minimum atomic E-state index is 0.524. The molecular formula is C7H5Br2N2+. The molecule has 4 heteroatoms. The van der Waals surface area contributed by atoms with Crippen molar-refractivity contribution < 1.29 is 0 Å². The Kier molecular flexibility index (Phi) is 2.63. The van der Waals surface area contributed by atoms with Gasteiger partial charge in [0.1, 0.15) is 8.95 Å². The summed E-state index contributed by atoms with van der Waals surface area (Å²) in [5, 5.41) is 8.56. The van der Waals surface area contributed by atoms with E-state index in [4.69, 9.17) is 5.39 Å². The zero-order valence-corrected chi connectivity index (χ0v) is 8.98. The van der Waals surface area contributed by atoms with E-state index in [1.54, 1.807) is 0 Å². The standard InChI is InChI=1S/C7H5Br2N2/c1-4-2-5(8)7(11-10)6(9)3-4/h2-3H,1H3/q+1. The predicted octanol–water partition coefficient (Wildman–Crippen LogP) is 4.00. The van der Waals surface area contributed by atoms with Crippen molar-refractivity contribution in [3.8, 4) is 0 Å². The molecule has 0 amide bonds. The number of hydrogen-bond acceptors (Lipinski definition) is 1. The van der Waals surface area contributed by atoms with Crippen molar-refractivity contribution in [3.05, 3.63) is 31.6 Å². The van der Waals surface area contributed by atoms with Gasteiger partial charge in [0.15, 0.2) is 4.98 Å². The van der Waals surface area contributed by atoms with Gasteiger partial charge in [0, 0.05) is 0 Å².